The standard InChI is InChI=1S/C17H14FN3O2S/c1-2-23-17(22)13-11-15(24-12-7-4-3-5-8-12)21(20-13)14-9-6-10-19-16(14)18/h3-11H,2H2,1H3. The average Bonchev–Trinajstić information content (AvgIpc) is 3.00. The van der Waals surface area contributed by atoms with Crippen LogP contribution in [0, 0.1) is 5.95 Å². The summed E-state index contributed by atoms with van der Waals surface area (Å²) in [5.41, 5.74) is 0.296. The van der Waals surface area contributed by atoms with E-state index >= 15 is 0 Å². The number of pyridine rings is 1. The Morgan fingerprint density at radius 3 is 2.75 bits per heavy atom. The summed E-state index contributed by atoms with van der Waals surface area (Å²) in [5, 5.41) is 4.79. The van der Waals surface area contributed by atoms with E-state index in [9.17, 15) is 9.18 Å². The molecule has 122 valence electrons. The number of halogens is 1. The Labute approximate surface area is 142 Å². The molecule has 3 aromatic rings. The van der Waals surface area contributed by atoms with E-state index in [2.05, 4.69) is 10.1 Å². The SMILES string of the molecule is CCOC(=O)c1cc(Sc2ccccc2)n(-c2cccnc2F)n1. The molecule has 0 N–H and O–H groups in total. The average molecular weight is 343 g/mol. The number of nitrogens with zero attached hydrogens (tertiary/aromatic N) is 3. The zero-order chi connectivity index (χ0) is 16.9. The molecule has 0 aliphatic carbocycles. The monoisotopic (exact) mass is 343 g/mol. The fraction of sp³-hybridized carbons (Fsp3) is 0.118. The van der Waals surface area contributed by atoms with Crippen molar-refractivity contribution < 1.29 is 13.9 Å². The molecule has 0 atom stereocenters. The number of esters is 1. The number of carbonyl (C=O) groups is 1. The van der Waals surface area contributed by atoms with E-state index in [1.54, 1.807) is 25.1 Å². The van der Waals surface area contributed by atoms with E-state index < -0.39 is 11.9 Å². The minimum Gasteiger partial charge on any atom is -0.461 e. The zero-order valence-electron chi connectivity index (χ0n) is 12.8. The van der Waals surface area contributed by atoms with E-state index in [4.69, 9.17) is 4.74 Å². The van der Waals surface area contributed by atoms with Gasteiger partial charge in [-0.2, -0.15) is 9.49 Å². The van der Waals surface area contributed by atoms with Gasteiger partial charge in [-0.05, 0) is 31.2 Å². The van der Waals surface area contributed by atoms with Gasteiger partial charge in [-0.1, -0.05) is 30.0 Å². The van der Waals surface area contributed by atoms with Crippen molar-refractivity contribution in [2.75, 3.05) is 6.61 Å². The zero-order valence-corrected chi connectivity index (χ0v) is 13.7. The minimum atomic E-state index is -0.661. The molecule has 0 saturated carbocycles. The summed E-state index contributed by atoms with van der Waals surface area (Å²) < 4.78 is 20.4. The van der Waals surface area contributed by atoms with Gasteiger partial charge in [-0.15, -0.1) is 0 Å². The Bertz CT molecular complexity index is 852. The molecule has 2 aromatic heterocycles. The van der Waals surface area contributed by atoms with E-state index in [1.807, 2.05) is 30.3 Å². The molecule has 0 unspecified atom stereocenters. The fourth-order valence-electron chi connectivity index (χ4n) is 2.06. The number of hydrogen-bond donors (Lipinski definition) is 0. The van der Waals surface area contributed by atoms with Gasteiger partial charge in [-0.25, -0.2) is 14.5 Å². The van der Waals surface area contributed by atoms with Crippen LogP contribution < -0.4 is 0 Å². The fourth-order valence-corrected chi connectivity index (χ4v) is 2.99. The van der Waals surface area contributed by atoms with E-state index in [-0.39, 0.29) is 18.0 Å². The van der Waals surface area contributed by atoms with Gasteiger partial charge in [0.05, 0.1) is 6.61 Å². The first-order valence-corrected chi connectivity index (χ1v) is 8.11. The number of carbonyl (C=O) groups excluding carboxylic acids is 1. The summed E-state index contributed by atoms with van der Waals surface area (Å²) in [6.07, 6.45) is 1.36. The van der Waals surface area contributed by atoms with Gasteiger partial charge in [-0.3, -0.25) is 0 Å². The minimum absolute atomic E-state index is 0.124. The largest absolute Gasteiger partial charge is 0.461 e. The second kappa shape index (κ2) is 7.27. The van der Waals surface area contributed by atoms with Gasteiger partial charge in [0, 0.05) is 17.2 Å². The normalized spacial score (nSPS) is 10.6. The van der Waals surface area contributed by atoms with Gasteiger partial charge in [0.1, 0.15) is 10.7 Å². The topological polar surface area (TPSA) is 57.0 Å². The smallest absolute Gasteiger partial charge is 0.358 e. The van der Waals surface area contributed by atoms with Gasteiger partial charge in [0.15, 0.2) is 5.69 Å². The lowest BCUT2D eigenvalue weighted by molar-refractivity contribution is 0.0519. The highest BCUT2D eigenvalue weighted by Gasteiger charge is 2.19. The Balaban J connectivity index is 2.05. The third-order valence-corrected chi connectivity index (χ3v) is 4.10. The Kier molecular flexibility index (Phi) is 4.90. The van der Waals surface area contributed by atoms with Crippen molar-refractivity contribution in [1.82, 2.24) is 14.8 Å². The molecule has 0 radical (unpaired) electrons. The predicted octanol–water partition coefficient (Wildman–Crippen LogP) is 3.73. The number of benzene rings is 1. The molecule has 0 spiro atoms. The van der Waals surface area contributed by atoms with Crippen molar-refractivity contribution in [3.63, 3.8) is 0 Å². The van der Waals surface area contributed by atoms with Crippen LogP contribution in [0.3, 0.4) is 0 Å². The molecule has 0 aliphatic rings. The Morgan fingerprint density at radius 1 is 1.25 bits per heavy atom. The van der Waals surface area contributed by atoms with E-state index in [0.717, 1.165) is 4.90 Å². The Hall–Kier alpha value is -2.67. The number of ether oxygens (including phenoxy) is 1. The summed E-state index contributed by atoms with van der Waals surface area (Å²) in [5.74, 6) is -1.21. The summed E-state index contributed by atoms with van der Waals surface area (Å²) in [6.45, 7) is 1.96. The molecular formula is C17H14FN3O2S. The van der Waals surface area contributed by atoms with Crippen LogP contribution in [-0.4, -0.2) is 27.3 Å². The second-order valence-corrected chi connectivity index (χ2v) is 5.82. The van der Waals surface area contributed by atoms with E-state index in [0.29, 0.717) is 5.03 Å². The molecule has 7 heteroatoms. The molecule has 24 heavy (non-hydrogen) atoms. The van der Waals surface area contributed by atoms with Crippen molar-refractivity contribution in [3.05, 3.63) is 66.4 Å². The summed E-state index contributed by atoms with van der Waals surface area (Å²) in [6, 6.07) is 14.3. The van der Waals surface area contributed by atoms with Gasteiger partial charge < -0.3 is 4.74 Å². The highest BCUT2D eigenvalue weighted by atomic mass is 32.2. The molecule has 0 fully saturated rings. The molecule has 2 heterocycles. The molecule has 3 rings (SSSR count). The first kappa shape index (κ1) is 16.2. The summed E-state index contributed by atoms with van der Waals surface area (Å²) >= 11 is 1.37. The van der Waals surface area contributed by atoms with Crippen LogP contribution in [0.15, 0.2) is 64.6 Å². The molecular weight excluding hydrogens is 329 g/mol. The quantitative estimate of drug-likeness (QED) is 0.522. The molecule has 1 aromatic carbocycles. The van der Waals surface area contributed by atoms with Crippen molar-refractivity contribution in [3.8, 4) is 5.69 Å². The van der Waals surface area contributed by atoms with Crippen LogP contribution in [0.2, 0.25) is 0 Å². The maximum absolute atomic E-state index is 14.1. The van der Waals surface area contributed by atoms with Crippen LogP contribution in [0.1, 0.15) is 17.4 Å². The molecule has 0 bridgehead atoms. The van der Waals surface area contributed by atoms with Crippen molar-refractivity contribution in [2.45, 2.75) is 16.8 Å². The van der Waals surface area contributed by atoms with Crippen molar-refractivity contribution in [2.24, 2.45) is 0 Å². The van der Waals surface area contributed by atoms with Crippen LogP contribution in [0.5, 0.6) is 0 Å². The summed E-state index contributed by atoms with van der Waals surface area (Å²) in [7, 11) is 0. The number of aromatic nitrogens is 3. The van der Waals surface area contributed by atoms with Crippen LogP contribution in [0.25, 0.3) is 5.69 Å². The number of hydrogen-bond acceptors (Lipinski definition) is 5. The summed E-state index contributed by atoms with van der Waals surface area (Å²) in [4.78, 5) is 16.5. The maximum atomic E-state index is 14.1. The highest BCUT2D eigenvalue weighted by Crippen LogP contribution is 2.30. The third kappa shape index (κ3) is 3.46. The van der Waals surface area contributed by atoms with Crippen LogP contribution in [0.4, 0.5) is 4.39 Å². The van der Waals surface area contributed by atoms with Crippen LogP contribution >= 0.6 is 11.8 Å². The molecule has 0 aliphatic heterocycles. The molecule has 0 amide bonds. The van der Waals surface area contributed by atoms with Gasteiger partial charge in [0.25, 0.3) is 0 Å². The Morgan fingerprint density at radius 2 is 2.04 bits per heavy atom. The van der Waals surface area contributed by atoms with Crippen molar-refractivity contribution >= 4 is 17.7 Å². The van der Waals surface area contributed by atoms with Gasteiger partial charge >= 0.3 is 5.97 Å². The molecule has 5 nitrogen and oxygen atoms in total. The van der Waals surface area contributed by atoms with Crippen LogP contribution in [-0.2, 0) is 4.74 Å². The highest BCUT2D eigenvalue weighted by molar-refractivity contribution is 7.99. The lowest BCUT2D eigenvalue weighted by Crippen LogP contribution is -2.08. The van der Waals surface area contributed by atoms with E-state index in [1.165, 1.54) is 22.6 Å². The maximum Gasteiger partial charge on any atom is 0.358 e. The predicted molar refractivity (Wildman–Crippen MR) is 87.8 cm³/mol. The van der Waals surface area contributed by atoms with Gasteiger partial charge in [0.2, 0.25) is 5.95 Å². The molecule has 0 saturated heterocycles. The van der Waals surface area contributed by atoms with Crippen molar-refractivity contribution in [1.29, 1.82) is 0 Å². The second-order valence-electron chi connectivity index (χ2n) is 4.73. The lowest BCUT2D eigenvalue weighted by Gasteiger charge is -2.07. The first-order valence-electron chi connectivity index (χ1n) is 7.30. The lowest BCUT2D eigenvalue weighted by atomic mass is 10.4. The number of rotatable bonds is 5. The third-order valence-electron chi connectivity index (χ3n) is 3.09. The first-order chi connectivity index (χ1) is 11.7.